The molecule has 25 heavy (non-hydrogen) atoms. The van der Waals surface area contributed by atoms with Gasteiger partial charge in [0.2, 0.25) is 0 Å². The van der Waals surface area contributed by atoms with E-state index < -0.39 is 0 Å². The summed E-state index contributed by atoms with van der Waals surface area (Å²) >= 11 is 0. The van der Waals surface area contributed by atoms with Crippen LogP contribution in [0.25, 0.3) is 0 Å². The Balaban J connectivity index is 1.54. The third-order valence-electron chi connectivity index (χ3n) is 5.80. The predicted molar refractivity (Wildman–Crippen MR) is 104 cm³/mol. The van der Waals surface area contributed by atoms with E-state index in [1.54, 1.807) is 0 Å². The van der Waals surface area contributed by atoms with Gasteiger partial charge in [-0.25, -0.2) is 0 Å². The topological polar surface area (TPSA) is 45.7 Å². The van der Waals surface area contributed by atoms with Gasteiger partial charge in [-0.1, -0.05) is 44.2 Å². The van der Waals surface area contributed by atoms with Crippen LogP contribution in [0.2, 0.25) is 0 Å². The van der Waals surface area contributed by atoms with Crippen molar-refractivity contribution in [2.45, 2.75) is 65.1 Å². The number of benzene rings is 1. The summed E-state index contributed by atoms with van der Waals surface area (Å²) in [5, 5.41) is 7.31. The molecule has 4 heteroatoms. The molecular weight excluding hydrogens is 310 g/mol. The maximum absolute atomic E-state index is 5.91. The molecule has 4 atom stereocenters. The number of rotatable bonds is 6. The van der Waals surface area contributed by atoms with Crippen LogP contribution in [0, 0.1) is 11.3 Å². The van der Waals surface area contributed by atoms with Crippen molar-refractivity contribution in [3.8, 4) is 0 Å². The summed E-state index contributed by atoms with van der Waals surface area (Å²) in [6.45, 7) is 10.6. The van der Waals surface area contributed by atoms with Crippen molar-refractivity contribution in [2.75, 3.05) is 13.2 Å². The van der Waals surface area contributed by atoms with E-state index in [-0.39, 0.29) is 5.41 Å². The highest BCUT2D eigenvalue weighted by molar-refractivity contribution is 5.80. The van der Waals surface area contributed by atoms with Gasteiger partial charge in [0.1, 0.15) is 0 Å². The first-order chi connectivity index (χ1) is 12.0. The SMILES string of the molecule is CCN=C(NC(C)CCc1ccccc1)NC1C2CCOC2C1(C)C. The molecule has 2 aliphatic rings. The summed E-state index contributed by atoms with van der Waals surface area (Å²) in [6.07, 6.45) is 3.75. The number of hydrogen-bond donors (Lipinski definition) is 2. The molecule has 1 saturated heterocycles. The molecule has 0 aromatic heterocycles. The van der Waals surface area contributed by atoms with Crippen LogP contribution in [-0.4, -0.2) is 37.3 Å². The molecule has 0 amide bonds. The van der Waals surface area contributed by atoms with Crippen molar-refractivity contribution >= 4 is 5.96 Å². The molecule has 1 aliphatic heterocycles. The summed E-state index contributed by atoms with van der Waals surface area (Å²) in [5.74, 6) is 1.57. The number of nitrogens with one attached hydrogen (secondary N) is 2. The van der Waals surface area contributed by atoms with Gasteiger partial charge in [-0.15, -0.1) is 0 Å². The minimum atomic E-state index is 0.171. The van der Waals surface area contributed by atoms with E-state index >= 15 is 0 Å². The quantitative estimate of drug-likeness (QED) is 0.615. The highest BCUT2D eigenvalue weighted by Crippen LogP contribution is 2.52. The molecule has 1 aromatic carbocycles. The van der Waals surface area contributed by atoms with E-state index in [9.17, 15) is 0 Å². The average Bonchev–Trinajstić information content (AvgIpc) is 3.06. The molecule has 1 heterocycles. The number of aryl methyl sites for hydroxylation is 1. The third-order valence-corrected chi connectivity index (χ3v) is 5.80. The van der Waals surface area contributed by atoms with E-state index in [4.69, 9.17) is 4.74 Å². The fourth-order valence-electron chi connectivity index (χ4n) is 4.39. The van der Waals surface area contributed by atoms with Crippen molar-refractivity contribution < 1.29 is 4.74 Å². The summed E-state index contributed by atoms with van der Waals surface area (Å²) < 4.78 is 5.91. The zero-order valence-corrected chi connectivity index (χ0v) is 16.1. The monoisotopic (exact) mass is 343 g/mol. The summed E-state index contributed by atoms with van der Waals surface area (Å²) in [4.78, 5) is 4.67. The second-order valence-corrected chi connectivity index (χ2v) is 8.08. The minimum Gasteiger partial charge on any atom is -0.377 e. The first-order valence-corrected chi connectivity index (χ1v) is 9.75. The van der Waals surface area contributed by atoms with Gasteiger partial charge in [-0.3, -0.25) is 4.99 Å². The molecule has 1 aliphatic carbocycles. The molecule has 0 bridgehead atoms. The van der Waals surface area contributed by atoms with Crippen LogP contribution in [0.15, 0.2) is 35.3 Å². The van der Waals surface area contributed by atoms with E-state index in [2.05, 4.69) is 73.7 Å². The van der Waals surface area contributed by atoms with E-state index in [0.717, 1.165) is 38.4 Å². The highest BCUT2D eigenvalue weighted by Gasteiger charge is 2.59. The lowest BCUT2D eigenvalue weighted by Crippen LogP contribution is -2.68. The van der Waals surface area contributed by atoms with Crippen molar-refractivity contribution in [3.05, 3.63) is 35.9 Å². The van der Waals surface area contributed by atoms with Crippen LogP contribution in [0.4, 0.5) is 0 Å². The van der Waals surface area contributed by atoms with Crippen LogP contribution >= 0.6 is 0 Å². The number of ether oxygens (including phenoxy) is 1. The highest BCUT2D eigenvalue weighted by atomic mass is 16.5. The number of guanidine groups is 1. The van der Waals surface area contributed by atoms with Gasteiger partial charge in [-0.05, 0) is 38.7 Å². The Bertz CT molecular complexity index is 584. The molecule has 3 rings (SSSR count). The van der Waals surface area contributed by atoms with Crippen molar-refractivity contribution in [3.63, 3.8) is 0 Å². The Morgan fingerprint density at radius 3 is 2.80 bits per heavy atom. The molecule has 2 fully saturated rings. The van der Waals surface area contributed by atoms with Crippen molar-refractivity contribution in [1.82, 2.24) is 10.6 Å². The van der Waals surface area contributed by atoms with E-state index in [0.29, 0.717) is 24.1 Å². The average molecular weight is 344 g/mol. The Morgan fingerprint density at radius 1 is 1.32 bits per heavy atom. The van der Waals surface area contributed by atoms with Crippen molar-refractivity contribution in [2.24, 2.45) is 16.3 Å². The molecule has 1 aromatic rings. The van der Waals surface area contributed by atoms with Gasteiger partial charge in [0, 0.05) is 36.6 Å². The Labute approximate surface area is 152 Å². The third kappa shape index (κ3) is 4.00. The molecule has 4 nitrogen and oxygen atoms in total. The van der Waals surface area contributed by atoms with Crippen LogP contribution in [-0.2, 0) is 11.2 Å². The smallest absolute Gasteiger partial charge is 0.191 e. The molecule has 1 saturated carbocycles. The zero-order chi connectivity index (χ0) is 17.9. The Hall–Kier alpha value is -1.55. The molecule has 2 N–H and O–H groups in total. The minimum absolute atomic E-state index is 0.171. The summed E-state index contributed by atoms with van der Waals surface area (Å²) in [6, 6.07) is 11.5. The number of aliphatic imine (C=N–C) groups is 1. The fourth-order valence-corrected chi connectivity index (χ4v) is 4.39. The van der Waals surface area contributed by atoms with Gasteiger partial charge in [-0.2, -0.15) is 0 Å². The predicted octanol–water partition coefficient (Wildman–Crippen LogP) is 3.38. The largest absolute Gasteiger partial charge is 0.377 e. The van der Waals surface area contributed by atoms with Gasteiger partial charge in [0.25, 0.3) is 0 Å². The number of fused-ring (bicyclic) bond motifs is 1. The number of hydrogen-bond acceptors (Lipinski definition) is 2. The zero-order valence-electron chi connectivity index (χ0n) is 16.1. The lowest BCUT2D eigenvalue weighted by Gasteiger charge is -2.55. The molecule has 138 valence electrons. The first kappa shape index (κ1) is 18.2. The maximum Gasteiger partial charge on any atom is 0.191 e. The lowest BCUT2D eigenvalue weighted by molar-refractivity contribution is -0.106. The van der Waals surface area contributed by atoms with Crippen LogP contribution in [0.1, 0.15) is 46.1 Å². The van der Waals surface area contributed by atoms with Crippen LogP contribution in [0.5, 0.6) is 0 Å². The standard InChI is InChI=1S/C21H33N3O/c1-5-22-20(23-15(2)11-12-16-9-7-6-8-10-16)24-18-17-13-14-25-19(17)21(18,3)4/h6-10,15,17-19H,5,11-14H2,1-4H3,(H2,22,23,24). The van der Waals surface area contributed by atoms with Crippen molar-refractivity contribution in [1.29, 1.82) is 0 Å². The van der Waals surface area contributed by atoms with Gasteiger partial charge >= 0.3 is 0 Å². The normalized spacial score (nSPS) is 28.8. The first-order valence-electron chi connectivity index (χ1n) is 9.75. The Morgan fingerprint density at radius 2 is 2.08 bits per heavy atom. The van der Waals surface area contributed by atoms with Gasteiger partial charge < -0.3 is 15.4 Å². The molecule has 0 spiro atoms. The van der Waals surface area contributed by atoms with Crippen LogP contribution in [0.3, 0.4) is 0 Å². The van der Waals surface area contributed by atoms with Crippen LogP contribution < -0.4 is 10.6 Å². The second kappa shape index (κ2) is 7.77. The molecule has 4 unspecified atom stereocenters. The summed E-state index contributed by atoms with van der Waals surface area (Å²) in [5.41, 5.74) is 1.56. The maximum atomic E-state index is 5.91. The molecule has 0 radical (unpaired) electrons. The van der Waals surface area contributed by atoms with E-state index in [1.165, 1.54) is 5.56 Å². The fraction of sp³-hybridized carbons (Fsp3) is 0.667. The van der Waals surface area contributed by atoms with Gasteiger partial charge in [0.15, 0.2) is 5.96 Å². The lowest BCUT2D eigenvalue weighted by atomic mass is 9.57. The Kier molecular flexibility index (Phi) is 5.67. The summed E-state index contributed by atoms with van der Waals surface area (Å²) in [7, 11) is 0. The number of nitrogens with zero attached hydrogens (tertiary/aromatic N) is 1. The molecular formula is C21H33N3O. The van der Waals surface area contributed by atoms with E-state index in [1.807, 2.05) is 0 Å². The second-order valence-electron chi connectivity index (χ2n) is 8.08. The van der Waals surface area contributed by atoms with Gasteiger partial charge in [0.05, 0.1) is 6.10 Å².